The van der Waals surface area contributed by atoms with Crippen molar-refractivity contribution in [3.8, 4) is 0 Å². The predicted octanol–water partition coefficient (Wildman–Crippen LogP) is 1.14. The summed E-state index contributed by atoms with van der Waals surface area (Å²) >= 11 is -3.10. The Hall–Kier alpha value is 0.238. The first-order valence-corrected chi connectivity index (χ1v) is 10.5. The van der Waals surface area contributed by atoms with Crippen LogP contribution in [0.2, 0.25) is 0 Å². The molecule has 17 heavy (non-hydrogen) atoms. The van der Waals surface area contributed by atoms with E-state index < -0.39 is 14.2 Å². The molecule has 3 fully saturated rings. The molecule has 0 aromatic rings. The monoisotopic (exact) mass is 301 g/mol. The van der Waals surface area contributed by atoms with E-state index in [-0.39, 0.29) is 0 Å². The van der Waals surface area contributed by atoms with E-state index in [0.717, 1.165) is 39.3 Å². The van der Waals surface area contributed by atoms with Gasteiger partial charge < -0.3 is 0 Å². The van der Waals surface area contributed by atoms with Crippen LogP contribution in [0.15, 0.2) is 0 Å². The normalized spacial score (nSPS) is 29.4. The first-order valence-electron chi connectivity index (χ1n) is 7.18. The Morgan fingerprint density at radius 3 is 1.00 bits per heavy atom. The first kappa shape index (κ1) is 12.3. The van der Waals surface area contributed by atoms with E-state index in [2.05, 4.69) is 11.5 Å². The van der Waals surface area contributed by atoms with Crippen LogP contribution in [0.1, 0.15) is 38.5 Å². The van der Waals surface area contributed by atoms with Crippen LogP contribution in [0.5, 0.6) is 0 Å². The van der Waals surface area contributed by atoms with E-state index in [9.17, 15) is 3.74 Å². The Morgan fingerprint density at radius 2 is 0.765 bits per heavy atom. The zero-order chi connectivity index (χ0) is 11.7. The van der Waals surface area contributed by atoms with Crippen molar-refractivity contribution in [3.63, 3.8) is 0 Å². The summed E-state index contributed by atoms with van der Waals surface area (Å²) in [7, 11) is 0. The second-order valence-electron chi connectivity index (χ2n) is 5.50. The van der Waals surface area contributed by atoms with Crippen molar-refractivity contribution >= 4 is 14.2 Å². The zero-order valence-corrected chi connectivity index (χ0v) is 12.6. The van der Waals surface area contributed by atoms with Gasteiger partial charge in [0.15, 0.2) is 0 Å². The fraction of sp³-hybridized carbons (Fsp3) is 1.00. The molecule has 0 bridgehead atoms. The second kappa shape index (κ2) is 5.08. The summed E-state index contributed by atoms with van der Waals surface area (Å²) < 4.78 is 20.8. The Morgan fingerprint density at radius 1 is 0.529 bits per heavy atom. The third-order valence-corrected chi connectivity index (χ3v) is 11.5. The van der Waals surface area contributed by atoms with Crippen LogP contribution in [0.3, 0.4) is 0 Å². The quantitative estimate of drug-likeness (QED) is 0.731. The molecule has 3 rings (SSSR count). The standard InChI is InChI=1S/C12H24AsN3O/c17-13(14-7-1-2-8-14,15-9-3-4-10-15)16-11-5-6-12-16/h1-12H2. The maximum atomic E-state index is 13.7. The van der Waals surface area contributed by atoms with Gasteiger partial charge in [0, 0.05) is 0 Å². The molecule has 3 heterocycles. The van der Waals surface area contributed by atoms with E-state index in [4.69, 9.17) is 0 Å². The number of nitrogens with zero attached hydrogens (tertiary/aromatic N) is 3. The van der Waals surface area contributed by atoms with Crippen molar-refractivity contribution in [2.75, 3.05) is 39.3 Å². The Labute approximate surface area is 107 Å². The number of hydrogen-bond donors (Lipinski definition) is 0. The van der Waals surface area contributed by atoms with Gasteiger partial charge in [0.1, 0.15) is 0 Å². The van der Waals surface area contributed by atoms with Crippen molar-refractivity contribution in [1.82, 2.24) is 11.5 Å². The average Bonchev–Trinajstić information content (AvgIpc) is 3.10. The second-order valence-corrected chi connectivity index (χ2v) is 11.2. The Kier molecular flexibility index (Phi) is 3.67. The fourth-order valence-corrected chi connectivity index (χ4v) is 10.7. The van der Waals surface area contributed by atoms with E-state index >= 15 is 0 Å². The molecule has 5 heteroatoms. The third-order valence-electron chi connectivity index (χ3n) is 4.35. The number of rotatable bonds is 3. The Balaban J connectivity index is 1.84. The van der Waals surface area contributed by atoms with Gasteiger partial charge in [-0.3, -0.25) is 0 Å². The molecule has 0 amide bonds. The van der Waals surface area contributed by atoms with Gasteiger partial charge in [-0.25, -0.2) is 0 Å². The molecule has 4 nitrogen and oxygen atoms in total. The van der Waals surface area contributed by atoms with Gasteiger partial charge in [-0.1, -0.05) is 0 Å². The van der Waals surface area contributed by atoms with Gasteiger partial charge in [-0.2, -0.15) is 0 Å². The summed E-state index contributed by atoms with van der Waals surface area (Å²) in [5.74, 6) is 0. The summed E-state index contributed by atoms with van der Waals surface area (Å²) in [5, 5.41) is 0. The van der Waals surface area contributed by atoms with E-state index in [1.807, 2.05) is 0 Å². The molecule has 98 valence electrons. The van der Waals surface area contributed by atoms with Gasteiger partial charge in [-0.15, -0.1) is 0 Å². The SMILES string of the molecule is O=[As](N1CCCC1)(N1CCCC1)N1CCCC1. The van der Waals surface area contributed by atoms with E-state index in [0.29, 0.717) is 0 Å². The minimum absolute atomic E-state index is 1.07. The molecule has 0 spiro atoms. The third kappa shape index (κ3) is 2.14. The van der Waals surface area contributed by atoms with Crippen LogP contribution in [-0.4, -0.2) is 64.9 Å². The fourth-order valence-electron chi connectivity index (χ4n) is 3.42. The molecule has 0 aromatic carbocycles. The molecule has 0 aliphatic carbocycles. The first-order chi connectivity index (χ1) is 8.32. The molecule has 0 atom stereocenters. The van der Waals surface area contributed by atoms with Gasteiger partial charge in [-0.05, 0) is 0 Å². The average molecular weight is 301 g/mol. The predicted molar refractivity (Wildman–Crippen MR) is 68.9 cm³/mol. The van der Waals surface area contributed by atoms with Crippen LogP contribution >= 0.6 is 0 Å². The molecular formula is C12H24AsN3O. The van der Waals surface area contributed by atoms with Crippen molar-refractivity contribution in [1.29, 1.82) is 0 Å². The molecule has 0 unspecified atom stereocenters. The van der Waals surface area contributed by atoms with Crippen LogP contribution < -0.4 is 0 Å². The van der Waals surface area contributed by atoms with Crippen molar-refractivity contribution < 1.29 is 3.74 Å². The van der Waals surface area contributed by atoms with E-state index in [1.165, 1.54) is 38.5 Å². The molecule has 3 aliphatic rings. The maximum absolute atomic E-state index is 13.7. The van der Waals surface area contributed by atoms with Crippen LogP contribution in [-0.2, 0) is 3.74 Å². The Bertz CT molecular complexity index is 257. The molecule has 0 aromatic heterocycles. The number of hydrogen-bond acceptors (Lipinski definition) is 1. The summed E-state index contributed by atoms with van der Waals surface area (Å²) in [6.45, 7) is 6.44. The van der Waals surface area contributed by atoms with Crippen LogP contribution in [0, 0.1) is 0 Å². The summed E-state index contributed by atoms with van der Waals surface area (Å²) in [6, 6.07) is 0. The summed E-state index contributed by atoms with van der Waals surface area (Å²) in [6.07, 6.45) is 7.46. The molecule has 0 radical (unpaired) electrons. The molecule has 3 saturated heterocycles. The van der Waals surface area contributed by atoms with Gasteiger partial charge in [0.05, 0.1) is 0 Å². The molecule has 3 aliphatic heterocycles. The van der Waals surface area contributed by atoms with Crippen molar-refractivity contribution in [2.24, 2.45) is 0 Å². The topological polar surface area (TPSA) is 26.8 Å². The molecule has 0 saturated carbocycles. The van der Waals surface area contributed by atoms with Gasteiger partial charge in [0.25, 0.3) is 0 Å². The van der Waals surface area contributed by atoms with Crippen LogP contribution in [0.25, 0.3) is 0 Å². The van der Waals surface area contributed by atoms with Crippen molar-refractivity contribution in [2.45, 2.75) is 38.5 Å². The summed E-state index contributed by atoms with van der Waals surface area (Å²) in [4.78, 5) is 0. The summed E-state index contributed by atoms with van der Waals surface area (Å²) in [5.41, 5.74) is 0. The molecule has 0 N–H and O–H groups in total. The van der Waals surface area contributed by atoms with Gasteiger partial charge >= 0.3 is 107 Å². The van der Waals surface area contributed by atoms with Crippen LogP contribution in [0.4, 0.5) is 0 Å². The van der Waals surface area contributed by atoms with E-state index in [1.54, 1.807) is 0 Å². The van der Waals surface area contributed by atoms with Crippen molar-refractivity contribution in [3.05, 3.63) is 0 Å². The minimum atomic E-state index is -3.10. The zero-order valence-electron chi connectivity index (χ0n) is 10.7. The molecular weight excluding hydrogens is 277 g/mol. The van der Waals surface area contributed by atoms with Gasteiger partial charge in [0.2, 0.25) is 0 Å².